The number of carboxylic acids is 1. The van der Waals surface area contributed by atoms with Gasteiger partial charge in [0.25, 0.3) is 5.69 Å². The molecule has 0 aromatic heterocycles. The van der Waals surface area contributed by atoms with Gasteiger partial charge in [-0.05, 0) is 12.1 Å². The van der Waals surface area contributed by atoms with E-state index >= 15 is 0 Å². The molecule has 0 spiro atoms. The van der Waals surface area contributed by atoms with Crippen molar-refractivity contribution in [3.63, 3.8) is 0 Å². The maximum absolute atomic E-state index is 12.6. The monoisotopic (exact) mass is 371 g/mol. The predicted molar refractivity (Wildman–Crippen MR) is 90.6 cm³/mol. The minimum absolute atomic E-state index is 0.0634. The lowest BCUT2D eigenvalue weighted by molar-refractivity contribution is -0.384. The second kappa shape index (κ2) is 6.96. The molecule has 2 amide bonds. The minimum atomic E-state index is -1.37. The number of aromatic carboxylic acids is 1. The summed E-state index contributed by atoms with van der Waals surface area (Å²) in [4.78, 5) is 47.6. The lowest BCUT2D eigenvalue weighted by Gasteiger charge is -2.15. The number of imide groups is 1. The highest BCUT2D eigenvalue weighted by Crippen LogP contribution is 2.36. The van der Waals surface area contributed by atoms with E-state index in [-0.39, 0.29) is 23.4 Å². The van der Waals surface area contributed by atoms with E-state index in [2.05, 4.69) is 0 Å². The topological polar surface area (TPSA) is 121 Å². The summed E-state index contributed by atoms with van der Waals surface area (Å²) >= 11 is 0.960. The molecule has 2 aromatic rings. The van der Waals surface area contributed by atoms with E-state index in [4.69, 9.17) is 0 Å². The predicted octanol–water partition coefficient (Wildman–Crippen LogP) is 1.38. The summed E-state index contributed by atoms with van der Waals surface area (Å²) in [6.45, 7) is 0. The van der Waals surface area contributed by atoms with Crippen molar-refractivity contribution in [3.05, 3.63) is 64.2 Å². The molecule has 26 heavy (non-hydrogen) atoms. The summed E-state index contributed by atoms with van der Waals surface area (Å²) in [6.07, 6.45) is -0.131. The van der Waals surface area contributed by atoms with Crippen molar-refractivity contribution in [2.75, 3.05) is 4.90 Å². The van der Waals surface area contributed by atoms with E-state index in [0.717, 1.165) is 22.7 Å². The van der Waals surface area contributed by atoms with Gasteiger partial charge in [0.2, 0.25) is 11.8 Å². The van der Waals surface area contributed by atoms with Gasteiger partial charge in [0.05, 0.1) is 21.8 Å². The van der Waals surface area contributed by atoms with Crippen molar-refractivity contribution in [1.29, 1.82) is 0 Å². The van der Waals surface area contributed by atoms with Gasteiger partial charge in [-0.2, -0.15) is 0 Å². The molecule has 0 N–H and O–H groups in total. The Hall–Kier alpha value is -3.20. The Morgan fingerprint density at radius 1 is 1.15 bits per heavy atom. The molecule has 1 aliphatic rings. The fourth-order valence-corrected chi connectivity index (χ4v) is 3.78. The molecule has 0 radical (unpaired) electrons. The zero-order valence-electron chi connectivity index (χ0n) is 13.2. The number of rotatable bonds is 5. The Bertz CT molecular complexity index is 929. The van der Waals surface area contributed by atoms with Gasteiger partial charge in [0, 0.05) is 29.0 Å². The second-order valence-corrected chi connectivity index (χ2v) is 6.68. The van der Waals surface area contributed by atoms with Gasteiger partial charge in [-0.3, -0.25) is 19.7 Å². The number of anilines is 1. The van der Waals surface area contributed by atoms with Crippen LogP contribution in [0.5, 0.6) is 0 Å². The van der Waals surface area contributed by atoms with Crippen LogP contribution in [0, 0.1) is 10.1 Å². The standard InChI is InChI=1S/C17H12N2O6S/c20-15-9-14(26-13-7-2-1-6-12(13)17(22)23)16(21)18(15)10-4-3-5-11(8-10)19(24)25/h1-8,14H,9H2,(H,22,23)/p-1. The number of hydrogen-bond acceptors (Lipinski definition) is 7. The van der Waals surface area contributed by atoms with E-state index in [0.29, 0.717) is 4.90 Å². The number of non-ortho nitro benzene ring substituents is 1. The van der Waals surface area contributed by atoms with E-state index in [1.165, 1.54) is 36.4 Å². The summed E-state index contributed by atoms with van der Waals surface area (Å²) in [6, 6.07) is 11.3. The minimum Gasteiger partial charge on any atom is -0.545 e. The van der Waals surface area contributed by atoms with Crippen molar-refractivity contribution in [3.8, 4) is 0 Å². The fraction of sp³-hybridized carbons (Fsp3) is 0.118. The Kier molecular flexibility index (Phi) is 4.72. The Morgan fingerprint density at radius 2 is 1.88 bits per heavy atom. The molecule has 0 aliphatic carbocycles. The first-order valence-corrected chi connectivity index (χ1v) is 8.34. The van der Waals surface area contributed by atoms with E-state index in [1.54, 1.807) is 6.07 Å². The lowest BCUT2D eigenvalue weighted by atomic mass is 10.2. The molecule has 132 valence electrons. The lowest BCUT2D eigenvalue weighted by Crippen LogP contribution is -2.31. The largest absolute Gasteiger partial charge is 0.545 e. The summed E-state index contributed by atoms with van der Waals surface area (Å²) in [5.74, 6) is -2.42. The number of nitro groups is 1. The van der Waals surface area contributed by atoms with Gasteiger partial charge in [-0.1, -0.05) is 24.3 Å². The summed E-state index contributed by atoms with van der Waals surface area (Å²) in [7, 11) is 0. The van der Waals surface area contributed by atoms with Crippen LogP contribution in [0.4, 0.5) is 11.4 Å². The van der Waals surface area contributed by atoms with E-state index in [9.17, 15) is 29.6 Å². The summed E-state index contributed by atoms with van der Waals surface area (Å²) < 4.78 is 0. The third-order valence-corrected chi connectivity index (χ3v) is 5.04. The second-order valence-electron chi connectivity index (χ2n) is 5.44. The molecule has 1 heterocycles. The van der Waals surface area contributed by atoms with Gasteiger partial charge in [-0.15, -0.1) is 11.8 Å². The summed E-state index contributed by atoms with van der Waals surface area (Å²) in [5, 5.41) is 21.3. The van der Waals surface area contributed by atoms with Crippen molar-refractivity contribution in [1.82, 2.24) is 0 Å². The van der Waals surface area contributed by atoms with Gasteiger partial charge in [-0.25, -0.2) is 4.90 Å². The van der Waals surface area contributed by atoms with Crippen LogP contribution in [-0.4, -0.2) is 28.0 Å². The molecule has 1 aliphatic heterocycles. The molecule has 0 saturated carbocycles. The van der Waals surface area contributed by atoms with Crippen molar-refractivity contribution in [2.24, 2.45) is 0 Å². The first-order chi connectivity index (χ1) is 12.4. The van der Waals surface area contributed by atoms with Crippen LogP contribution in [-0.2, 0) is 9.59 Å². The summed E-state index contributed by atoms with van der Waals surface area (Å²) in [5.41, 5.74) is -0.182. The van der Waals surface area contributed by atoms with Crippen molar-refractivity contribution < 1.29 is 24.4 Å². The highest BCUT2D eigenvalue weighted by atomic mass is 32.2. The number of nitro benzene ring substituents is 1. The third-order valence-electron chi connectivity index (χ3n) is 3.78. The number of carbonyl (C=O) groups excluding carboxylic acids is 3. The van der Waals surface area contributed by atoms with Crippen LogP contribution in [0.15, 0.2) is 53.4 Å². The maximum atomic E-state index is 12.6. The number of carbonyl (C=O) groups is 3. The normalized spacial score (nSPS) is 16.8. The van der Waals surface area contributed by atoms with Crippen molar-refractivity contribution >= 4 is 40.9 Å². The Balaban J connectivity index is 1.87. The van der Waals surface area contributed by atoms with Crippen LogP contribution in [0.1, 0.15) is 16.8 Å². The van der Waals surface area contributed by atoms with Gasteiger partial charge >= 0.3 is 0 Å². The molecule has 1 unspecified atom stereocenters. The molecular weight excluding hydrogens is 360 g/mol. The zero-order valence-corrected chi connectivity index (χ0v) is 14.0. The average molecular weight is 371 g/mol. The first kappa shape index (κ1) is 17.6. The number of benzene rings is 2. The third kappa shape index (κ3) is 3.29. The number of carboxylic acid groups (broad SMARTS) is 1. The Morgan fingerprint density at radius 3 is 2.58 bits per heavy atom. The van der Waals surface area contributed by atoms with Gasteiger partial charge in [0.1, 0.15) is 0 Å². The number of hydrogen-bond donors (Lipinski definition) is 0. The highest BCUT2D eigenvalue weighted by Gasteiger charge is 2.40. The van der Waals surface area contributed by atoms with Crippen LogP contribution in [0.2, 0.25) is 0 Å². The molecule has 9 heteroatoms. The zero-order chi connectivity index (χ0) is 18.8. The number of thioether (sulfide) groups is 1. The molecule has 1 atom stereocenters. The fourth-order valence-electron chi connectivity index (χ4n) is 2.60. The molecule has 3 rings (SSSR count). The molecule has 1 fully saturated rings. The average Bonchev–Trinajstić information content (AvgIpc) is 2.89. The molecule has 8 nitrogen and oxygen atoms in total. The van der Waals surface area contributed by atoms with Gasteiger partial charge in [0.15, 0.2) is 0 Å². The van der Waals surface area contributed by atoms with Crippen LogP contribution in [0.25, 0.3) is 0 Å². The van der Waals surface area contributed by atoms with E-state index < -0.39 is 28.0 Å². The smallest absolute Gasteiger partial charge is 0.271 e. The van der Waals surface area contributed by atoms with E-state index in [1.807, 2.05) is 0 Å². The SMILES string of the molecule is O=C([O-])c1ccccc1SC1CC(=O)N(c2cccc([N+](=O)[O-])c2)C1=O. The van der Waals surface area contributed by atoms with Crippen LogP contribution >= 0.6 is 11.8 Å². The molecule has 2 aromatic carbocycles. The van der Waals surface area contributed by atoms with Crippen molar-refractivity contribution in [2.45, 2.75) is 16.6 Å². The first-order valence-electron chi connectivity index (χ1n) is 7.47. The Labute approximate surface area is 151 Å². The maximum Gasteiger partial charge on any atom is 0.271 e. The van der Waals surface area contributed by atoms with Crippen LogP contribution in [0.3, 0.4) is 0 Å². The van der Waals surface area contributed by atoms with Crippen LogP contribution < -0.4 is 10.0 Å². The number of nitrogens with zero attached hydrogens (tertiary/aromatic N) is 2. The molecule has 1 saturated heterocycles. The molecular formula is C17H11N2O6S-. The van der Waals surface area contributed by atoms with Gasteiger partial charge < -0.3 is 9.90 Å². The molecule has 0 bridgehead atoms. The number of amides is 2. The quantitative estimate of drug-likeness (QED) is 0.442. The highest BCUT2D eigenvalue weighted by molar-refractivity contribution is 8.00.